The van der Waals surface area contributed by atoms with Gasteiger partial charge in [0.2, 0.25) is 0 Å². The van der Waals surface area contributed by atoms with Crippen LogP contribution >= 0.6 is 0 Å². The Hall–Kier alpha value is -3.70. The number of carbonyl (C=O) groups excluding carboxylic acids is 6. The van der Waals surface area contributed by atoms with Gasteiger partial charge < -0.3 is 0 Å². The molecule has 250 valence electrons. The van der Waals surface area contributed by atoms with E-state index in [0.29, 0.717) is 11.1 Å². The summed E-state index contributed by atoms with van der Waals surface area (Å²) in [7, 11) is 0. The number of hydrogen-bond acceptors (Lipinski definition) is 10. The number of ether oxygens (including phenoxy) is 4. The Morgan fingerprint density at radius 3 is 1.26 bits per heavy atom. The Balaban J connectivity index is 2.19. The summed E-state index contributed by atoms with van der Waals surface area (Å²) in [5, 5.41) is 5.42. The fourth-order valence-corrected chi connectivity index (χ4v) is 11.1. The van der Waals surface area contributed by atoms with Crippen LogP contribution in [0.15, 0.2) is 48.5 Å². The monoisotopic (exact) mass is 772 g/mol. The van der Waals surface area contributed by atoms with Crippen LogP contribution in [0.25, 0.3) is 0 Å². The molecule has 2 aromatic rings. The second-order valence-electron chi connectivity index (χ2n) is 9.40. The van der Waals surface area contributed by atoms with Gasteiger partial charge in [0, 0.05) is 0 Å². The van der Waals surface area contributed by atoms with E-state index in [1.807, 2.05) is 12.1 Å². The SMILES string of the molecule is CCOC(=O)CCC(NC(=O)c1ccccc1[Se][Se]c1ccccc1C(=O)NC(CCC(=O)OCC)C(=O)OCC)C(=O)OCC. The van der Waals surface area contributed by atoms with Crippen molar-refractivity contribution in [1.29, 1.82) is 0 Å². The van der Waals surface area contributed by atoms with Gasteiger partial charge in [0.1, 0.15) is 0 Å². The fourth-order valence-electron chi connectivity index (χ4n) is 3.99. The molecular weight excluding hydrogens is 730 g/mol. The third-order valence-electron chi connectivity index (χ3n) is 6.12. The molecule has 0 saturated heterocycles. The molecule has 0 fully saturated rings. The molecule has 0 aliphatic carbocycles. The van der Waals surface area contributed by atoms with E-state index in [2.05, 4.69) is 10.6 Å². The molecule has 2 rings (SSSR count). The van der Waals surface area contributed by atoms with E-state index in [-0.39, 0.29) is 78.4 Å². The molecule has 0 spiro atoms. The average molecular weight is 771 g/mol. The zero-order valence-electron chi connectivity index (χ0n) is 26.3. The molecule has 2 aromatic carbocycles. The van der Waals surface area contributed by atoms with Crippen LogP contribution in [-0.2, 0) is 38.1 Å². The fraction of sp³-hybridized carbons (Fsp3) is 0.438. The summed E-state index contributed by atoms with van der Waals surface area (Å²) in [6.45, 7) is 7.32. The molecule has 2 amide bonds. The summed E-state index contributed by atoms with van der Waals surface area (Å²) in [5.41, 5.74) is 0.746. The first-order valence-electron chi connectivity index (χ1n) is 14.9. The summed E-state index contributed by atoms with van der Waals surface area (Å²) < 4.78 is 21.6. The molecule has 0 radical (unpaired) electrons. The van der Waals surface area contributed by atoms with Crippen molar-refractivity contribution in [1.82, 2.24) is 10.6 Å². The third kappa shape index (κ3) is 13.0. The molecule has 0 saturated carbocycles. The van der Waals surface area contributed by atoms with E-state index in [0.717, 1.165) is 8.92 Å². The summed E-state index contributed by atoms with van der Waals surface area (Å²) in [6, 6.07) is 11.9. The van der Waals surface area contributed by atoms with Crippen LogP contribution in [0.5, 0.6) is 0 Å². The molecule has 46 heavy (non-hydrogen) atoms. The molecule has 0 aromatic heterocycles. The molecular formula is C32H40N2O10Se2. The Morgan fingerprint density at radius 2 is 0.913 bits per heavy atom. The number of hydrogen-bond donors (Lipinski definition) is 2. The molecule has 0 aliphatic rings. The van der Waals surface area contributed by atoms with Crippen molar-refractivity contribution in [2.24, 2.45) is 0 Å². The van der Waals surface area contributed by atoms with Crippen molar-refractivity contribution in [3.8, 4) is 0 Å². The van der Waals surface area contributed by atoms with Crippen LogP contribution in [0.2, 0.25) is 0 Å². The van der Waals surface area contributed by atoms with Crippen LogP contribution in [0, 0.1) is 0 Å². The van der Waals surface area contributed by atoms with Crippen LogP contribution in [0.4, 0.5) is 0 Å². The molecule has 2 unspecified atom stereocenters. The van der Waals surface area contributed by atoms with Gasteiger partial charge in [-0.15, -0.1) is 0 Å². The maximum atomic E-state index is 13.4. The van der Waals surface area contributed by atoms with Crippen LogP contribution in [-0.4, -0.2) is 100 Å². The van der Waals surface area contributed by atoms with E-state index < -0.39 is 47.8 Å². The average Bonchev–Trinajstić information content (AvgIpc) is 3.04. The van der Waals surface area contributed by atoms with E-state index in [1.54, 1.807) is 64.1 Å². The third-order valence-corrected chi connectivity index (χ3v) is 13.4. The van der Waals surface area contributed by atoms with Gasteiger partial charge in [-0.2, -0.15) is 0 Å². The molecule has 0 bridgehead atoms. The molecule has 0 aliphatic heterocycles. The van der Waals surface area contributed by atoms with E-state index in [9.17, 15) is 28.8 Å². The minimum atomic E-state index is -1.04. The van der Waals surface area contributed by atoms with Crippen LogP contribution in [0.1, 0.15) is 74.1 Å². The first-order chi connectivity index (χ1) is 22.1. The Bertz CT molecular complexity index is 1250. The number of amides is 2. The summed E-state index contributed by atoms with van der Waals surface area (Å²) in [6.07, 6.45) is -0.0819. The first-order valence-corrected chi connectivity index (χ1v) is 21.0. The Labute approximate surface area is 279 Å². The van der Waals surface area contributed by atoms with Crippen LogP contribution < -0.4 is 19.6 Å². The summed E-state index contributed by atoms with van der Waals surface area (Å²) in [4.78, 5) is 75.6. The van der Waals surface area contributed by atoms with Crippen molar-refractivity contribution in [3.05, 3.63) is 59.7 Å². The molecule has 14 heteroatoms. The number of benzene rings is 2. The number of esters is 4. The predicted molar refractivity (Wildman–Crippen MR) is 171 cm³/mol. The Morgan fingerprint density at radius 1 is 0.565 bits per heavy atom. The normalized spacial score (nSPS) is 11.8. The predicted octanol–water partition coefficient (Wildman–Crippen LogP) is 0.970. The Kier molecular flexibility index (Phi) is 17.7. The topological polar surface area (TPSA) is 163 Å². The van der Waals surface area contributed by atoms with Gasteiger partial charge >= 0.3 is 281 Å². The van der Waals surface area contributed by atoms with Crippen molar-refractivity contribution < 1.29 is 47.7 Å². The molecule has 2 atom stereocenters. The van der Waals surface area contributed by atoms with E-state index in [1.165, 1.54) is 0 Å². The van der Waals surface area contributed by atoms with Gasteiger partial charge in [-0.3, -0.25) is 0 Å². The second kappa shape index (κ2) is 21.2. The standard InChI is InChI=1S/C32H40N2O10Se2/c1-5-41-27(35)19-17-23(31(39)43-7-3)33-29(37)21-13-9-11-15-25(21)45-46-26-16-12-10-14-22(26)30(38)34-24(32(40)44-8-4)18-20-28(36)42-6-2/h9-16,23-24H,5-8,17-20H2,1-4H3,(H,33,37)(H,34,38). The minimum absolute atomic E-state index is 0.0235. The van der Waals surface area contributed by atoms with Gasteiger partial charge in [-0.05, 0) is 0 Å². The van der Waals surface area contributed by atoms with E-state index >= 15 is 0 Å². The van der Waals surface area contributed by atoms with Crippen molar-refractivity contribution >= 4 is 70.9 Å². The summed E-state index contributed by atoms with van der Waals surface area (Å²) >= 11 is -0.543. The van der Waals surface area contributed by atoms with Crippen molar-refractivity contribution in [3.63, 3.8) is 0 Å². The molecule has 12 nitrogen and oxygen atoms in total. The van der Waals surface area contributed by atoms with Crippen molar-refractivity contribution in [2.45, 2.75) is 65.5 Å². The number of rotatable bonds is 19. The van der Waals surface area contributed by atoms with Gasteiger partial charge in [0.25, 0.3) is 0 Å². The van der Waals surface area contributed by atoms with Gasteiger partial charge in [-0.1, -0.05) is 0 Å². The number of carbonyl (C=O) groups is 6. The van der Waals surface area contributed by atoms with E-state index in [4.69, 9.17) is 18.9 Å². The maximum absolute atomic E-state index is 13.4. The van der Waals surface area contributed by atoms with Gasteiger partial charge in [0.15, 0.2) is 0 Å². The zero-order valence-corrected chi connectivity index (χ0v) is 29.8. The second-order valence-corrected chi connectivity index (χ2v) is 15.6. The summed E-state index contributed by atoms with van der Waals surface area (Å²) in [5.74, 6) is -3.22. The van der Waals surface area contributed by atoms with Gasteiger partial charge in [-0.25, -0.2) is 0 Å². The number of nitrogens with one attached hydrogen (secondary N) is 2. The van der Waals surface area contributed by atoms with Crippen molar-refractivity contribution in [2.75, 3.05) is 26.4 Å². The molecule has 0 heterocycles. The van der Waals surface area contributed by atoms with Gasteiger partial charge in [0.05, 0.1) is 0 Å². The first kappa shape index (κ1) is 38.5. The van der Waals surface area contributed by atoms with Crippen LogP contribution in [0.3, 0.4) is 0 Å². The quantitative estimate of drug-likeness (QED) is 0.120. The zero-order chi connectivity index (χ0) is 33.9. The molecule has 2 N–H and O–H groups in total.